The minimum Gasteiger partial charge on any atom is -0.350 e. The third-order valence-electron chi connectivity index (χ3n) is 7.98. The van der Waals surface area contributed by atoms with Crippen molar-refractivity contribution in [2.24, 2.45) is 0 Å². The number of aromatic nitrogens is 4. The number of fused-ring (bicyclic) bond motifs is 1. The minimum absolute atomic E-state index is 0.0212. The summed E-state index contributed by atoms with van der Waals surface area (Å²) >= 11 is 0. The number of hydrogen-bond acceptors (Lipinski definition) is 7. The molecule has 9 heteroatoms. The molecule has 1 aliphatic rings. The van der Waals surface area contributed by atoms with Crippen molar-refractivity contribution in [3.8, 4) is 22.5 Å². The van der Waals surface area contributed by atoms with Gasteiger partial charge in [-0.2, -0.15) is 5.10 Å². The Morgan fingerprint density at radius 1 is 1.02 bits per heavy atom. The molecule has 2 aromatic carbocycles. The van der Waals surface area contributed by atoms with Crippen molar-refractivity contribution in [2.45, 2.75) is 25.8 Å². The van der Waals surface area contributed by atoms with Crippen molar-refractivity contribution in [3.05, 3.63) is 114 Å². The molecule has 1 aliphatic heterocycles. The number of carbonyl (C=O) groups is 2. The molecular weight excluding hydrogens is 562 g/mol. The van der Waals surface area contributed by atoms with Gasteiger partial charge in [0.2, 0.25) is 5.95 Å². The fourth-order valence-electron chi connectivity index (χ4n) is 5.72. The van der Waals surface area contributed by atoms with Gasteiger partial charge < -0.3 is 15.1 Å². The lowest BCUT2D eigenvalue weighted by atomic mass is 10.0. The van der Waals surface area contributed by atoms with Crippen molar-refractivity contribution in [1.82, 2.24) is 29.4 Å². The second kappa shape index (κ2) is 13.2. The average molecular weight is 600 g/mol. The first-order valence-electron chi connectivity index (χ1n) is 15.2. The summed E-state index contributed by atoms with van der Waals surface area (Å²) < 4.78 is 1.91. The summed E-state index contributed by atoms with van der Waals surface area (Å²) in [5.41, 5.74) is 7.25. The van der Waals surface area contributed by atoms with Crippen molar-refractivity contribution in [2.75, 3.05) is 39.0 Å². The smallest absolute Gasteiger partial charge is 0.253 e. The van der Waals surface area contributed by atoms with Crippen LogP contribution < -0.4 is 5.32 Å². The van der Waals surface area contributed by atoms with Crippen molar-refractivity contribution in [3.63, 3.8) is 0 Å². The molecular formula is C36H37N7O2. The highest BCUT2D eigenvalue weighted by Gasteiger charge is 2.28. The van der Waals surface area contributed by atoms with E-state index in [1.54, 1.807) is 12.3 Å². The maximum absolute atomic E-state index is 13.3. The first-order chi connectivity index (χ1) is 21.9. The van der Waals surface area contributed by atoms with E-state index in [0.717, 1.165) is 52.1 Å². The number of likely N-dealkylation sites (N-methyl/N-ethyl adjacent to an activating group) is 1. The van der Waals surface area contributed by atoms with Gasteiger partial charge in [-0.3, -0.25) is 9.59 Å². The van der Waals surface area contributed by atoms with Crippen LogP contribution in [0, 0.1) is 6.92 Å². The van der Waals surface area contributed by atoms with E-state index in [1.807, 2.05) is 95.3 Å². The SMILES string of the molecule is Cc1cccn2nc(-c3ccccc3)c(-c3ccnc(N[C@H]4CCN(C(=O)c5ccc(CC(=O)/C=C/CN(C)C)cc5)C4)n3)c12. The molecule has 0 saturated carbocycles. The van der Waals surface area contributed by atoms with Gasteiger partial charge in [-0.05, 0) is 68.9 Å². The Hall–Kier alpha value is -5.15. The number of likely N-dealkylation sites (tertiary alicyclic amines) is 1. The molecule has 0 bridgehead atoms. The molecule has 0 unspecified atom stereocenters. The van der Waals surface area contributed by atoms with Crippen molar-refractivity contribution in [1.29, 1.82) is 0 Å². The molecule has 0 radical (unpaired) electrons. The molecule has 45 heavy (non-hydrogen) atoms. The summed E-state index contributed by atoms with van der Waals surface area (Å²) in [6.07, 6.45) is 8.31. The second-order valence-corrected chi connectivity index (χ2v) is 11.7. The lowest BCUT2D eigenvalue weighted by Crippen LogP contribution is -2.31. The number of benzene rings is 2. The number of aryl methyl sites for hydroxylation is 1. The first kappa shape index (κ1) is 29.9. The second-order valence-electron chi connectivity index (χ2n) is 11.7. The number of hydrogen-bond donors (Lipinski definition) is 1. The normalized spacial score (nSPS) is 14.9. The van der Waals surface area contributed by atoms with E-state index in [4.69, 9.17) is 10.1 Å². The van der Waals surface area contributed by atoms with Crippen LogP contribution in [-0.2, 0) is 11.2 Å². The van der Waals surface area contributed by atoms with Crippen LogP contribution in [0.5, 0.6) is 0 Å². The van der Waals surface area contributed by atoms with E-state index in [1.165, 1.54) is 0 Å². The van der Waals surface area contributed by atoms with Crippen LogP contribution in [0.25, 0.3) is 28.0 Å². The highest BCUT2D eigenvalue weighted by molar-refractivity contribution is 5.95. The molecule has 1 fully saturated rings. The molecule has 3 aromatic heterocycles. The van der Waals surface area contributed by atoms with Gasteiger partial charge in [0, 0.05) is 55.6 Å². The molecule has 0 spiro atoms. The molecule has 5 aromatic rings. The molecule has 1 atom stereocenters. The van der Waals surface area contributed by atoms with Crippen LogP contribution in [-0.4, -0.2) is 80.8 Å². The van der Waals surface area contributed by atoms with E-state index >= 15 is 0 Å². The van der Waals surface area contributed by atoms with Crippen molar-refractivity contribution >= 4 is 23.2 Å². The number of ketones is 1. The fourth-order valence-corrected chi connectivity index (χ4v) is 5.72. The zero-order valence-electron chi connectivity index (χ0n) is 25.9. The van der Waals surface area contributed by atoms with Crippen LogP contribution in [0.4, 0.5) is 5.95 Å². The summed E-state index contributed by atoms with van der Waals surface area (Å²) in [4.78, 5) is 38.8. The van der Waals surface area contributed by atoms with Gasteiger partial charge >= 0.3 is 0 Å². The number of anilines is 1. The molecule has 4 heterocycles. The maximum atomic E-state index is 13.3. The van der Waals surface area contributed by atoms with E-state index in [0.29, 0.717) is 31.0 Å². The van der Waals surface area contributed by atoms with Crippen LogP contribution in [0.15, 0.2) is 97.3 Å². The van der Waals surface area contributed by atoms with E-state index in [9.17, 15) is 9.59 Å². The van der Waals surface area contributed by atoms with Crippen LogP contribution >= 0.6 is 0 Å². The molecule has 228 valence electrons. The molecule has 1 saturated heterocycles. The summed E-state index contributed by atoms with van der Waals surface area (Å²) in [6.45, 7) is 3.99. The molecule has 1 N–H and O–H groups in total. The van der Waals surface area contributed by atoms with E-state index in [-0.39, 0.29) is 17.7 Å². The first-order valence-corrected chi connectivity index (χ1v) is 15.2. The topological polar surface area (TPSA) is 95.7 Å². The fraction of sp³-hybridized carbons (Fsp3) is 0.250. The predicted molar refractivity (Wildman–Crippen MR) is 177 cm³/mol. The van der Waals surface area contributed by atoms with Crippen LogP contribution in [0.3, 0.4) is 0 Å². The Morgan fingerprint density at radius 2 is 1.82 bits per heavy atom. The Balaban J connectivity index is 1.14. The number of carbonyl (C=O) groups excluding carboxylic acids is 2. The number of amides is 1. The number of nitrogens with zero attached hydrogens (tertiary/aromatic N) is 6. The lowest BCUT2D eigenvalue weighted by Gasteiger charge is -2.17. The predicted octanol–water partition coefficient (Wildman–Crippen LogP) is 5.32. The van der Waals surface area contributed by atoms with Gasteiger partial charge in [0.25, 0.3) is 5.91 Å². The number of pyridine rings is 1. The van der Waals surface area contributed by atoms with Gasteiger partial charge in [-0.1, -0.05) is 54.6 Å². The van der Waals surface area contributed by atoms with Gasteiger partial charge in [-0.25, -0.2) is 14.5 Å². The van der Waals surface area contributed by atoms with Gasteiger partial charge in [0.1, 0.15) is 5.69 Å². The van der Waals surface area contributed by atoms with Gasteiger partial charge in [0.05, 0.1) is 16.8 Å². The lowest BCUT2D eigenvalue weighted by molar-refractivity contribution is -0.114. The summed E-state index contributed by atoms with van der Waals surface area (Å²) in [7, 11) is 3.92. The third-order valence-corrected chi connectivity index (χ3v) is 7.98. The molecule has 9 nitrogen and oxygen atoms in total. The number of rotatable bonds is 10. The average Bonchev–Trinajstić information content (AvgIpc) is 3.67. The summed E-state index contributed by atoms with van der Waals surface area (Å²) in [6, 6.07) is 23.5. The van der Waals surface area contributed by atoms with Gasteiger partial charge in [0.15, 0.2) is 5.78 Å². The Morgan fingerprint density at radius 3 is 2.60 bits per heavy atom. The molecule has 6 rings (SSSR count). The number of nitrogens with one attached hydrogen (secondary N) is 1. The maximum Gasteiger partial charge on any atom is 0.253 e. The van der Waals surface area contributed by atoms with Crippen LogP contribution in [0.1, 0.15) is 27.9 Å². The molecule has 1 amide bonds. The summed E-state index contributed by atoms with van der Waals surface area (Å²) in [5.74, 6) is 0.545. The highest BCUT2D eigenvalue weighted by atomic mass is 16.2. The molecule has 0 aliphatic carbocycles. The monoisotopic (exact) mass is 599 g/mol. The van der Waals surface area contributed by atoms with Gasteiger partial charge in [-0.15, -0.1) is 0 Å². The Kier molecular flexibility index (Phi) is 8.79. The summed E-state index contributed by atoms with van der Waals surface area (Å²) in [5, 5.41) is 8.38. The standard InChI is InChI=1S/C36H37N7O2/c1-25-9-7-21-43-34(25)32(33(40-43)27-10-5-4-6-11-27)31-17-19-37-36(39-31)38-29-18-22-42(24-29)35(45)28-15-13-26(14-16-28)23-30(44)12-8-20-41(2)3/h4-17,19,21,29H,18,20,22-24H2,1-3H3,(H,37,38,39)/b12-8+/t29-/m0/s1. The number of allylic oxidation sites excluding steroid dienone is 1. The zero-order chi connectivity index (χ0) is 31.3. The van der Waals surface area contributed by atoms with E-state index in [2.05, 4.69) is 35.4 Å². The highest BCUT2D eigenvalue weighted by Crippen LogP contribution is 2.35. The van der Waals surface area contributed by atoms with Crippen LogP contribution in [0.2, 0.25) is 0 Å². The Labute approximate surface area is 263 Å². The Bertz CT molecular complexity index is 1850. The quantitative estimate of drug-likeness (QED) is 0.217. The largest absolute Gasteiger partial charge is 0.350 e. The van der Waals surface area contributed by atoms with Crippen molar-refractivity contribution < 1.29 is 9.59 Å². The minimum atomic E-state index is -0.0212. The third kappa shape index (κ3) is 6.84. The zero-order valence-corrected chi connectivity index (χ0v) is 25.9. The van der Waals surface area contributed by atoms with E-state index < -0.39 is 0 Å².